The van der Waals surface area contributed by atoms with Crippen molar-refractivity contribution in [2.45, 2.75) is 38.5 Å². The molecule has 0 aromatic heterocycles. The predicted molar refractivity (Wildman–Crippen MR) is 86.1 cm³/mol. The van der Waals surface area contributed by atoms with Gasteiger partial charge in [-0.15, -0.1) is 0 Å². The Bertz CT molecular complexity index is 385. The summed E-state index contributed by atoms with van der Waals surface area (Å²) >= 11 is 0. The Labute approximate surface area is 137 Å². The first-order valence-corrected chi connectivity index (χ1v) is 8.25. The molecule has 0 saturated carbocycles. The highest BCUT2D eigenvalue weighted by atomic mass is 16.5. The van der Waals surface area contributed by atoms with E-state index < -0.39 is 0 Å². The predicted octanol–water partition coefficient (Wildman–Crippen LogP) is 1.05. The number of aliphatic hydroxyl groups excluding tert-OH is 1. The van der Waals surface area contributed by atoms with E-state index in [2.05, 4.69) is 10.6 Å². The molecule has 132 valence electrons. The summed E-state index contributed by atoms with van der Waals surface area (Å²) in [5.41, 5.74) is 0. The van der Waals surface area contributed by atoms with Crippen LogP contribution < -0.4 is 10.6 Å². The highest BCUT2D eigenvalue weighted by molar-refractivity contribution is 5.76. The molecule has 2 amide bonds. The number of hydrogen-bond acceptors (Lipinski definition) is 5. The number of ether oxygens (including phenoxy) is 2. The van der Waals surface area contributed by atoms with Crippen molar-refractivity contribution in [1.29, 1.82) is 0 Å². The minimum Gasteiger partial charge on any atom is -0.513 e. The smallest absolute Gasteiger partial charge is 0.220 e. The van der Waals surface area contributed by atoms with Gasteiger partial charge in [0.05, 0.1) is 32.2 Å². The van der Waals surface area contributed by atoms with Gasteiger partial charge in [-0.3, -0.25) is 9.59 Å². The second kappa shape index (κ2) is 12.9. The van der Waals surface area contributed by atoms with Gasteiger partial charge in [-0.1, -0.05) is 0 Å². The summed E-state index contributed by atoms with van der Waals surface area (Å²) in [5.74, 6) is 0.146. The van der Waals surface area contributed by atoms with Crippen LogP contribution >= 0.6 is 0 Å². The van der Waals surface area contributed by atoms with Crippen molar-refractivity contribution >= 4 is 11.8 Å². The van der Waals surface area contributed by atoms with Gasteiger partial charge in [0.2, 0.25) is 11.8 Å². The van der Waals surface area contributed by atoms with Crippen molar-refractivity contribution in [3.8, 4) is 0 Å². The van der Waals surface area contributed by atoms with Crippen LogP contribution in [0.25, 0.3) is 0 Å². The number of allylic oxidation sites excluding steroid dienone is 2. The molecule has 3 N–H and O–H groups in total. The lowest BCUT2D eigenvalue weighted by Gasteiger charge is -2.09. The molecule has 0 aromatic carbocycles. The van der Waals surface area contributed by atoms with Crippen LogP contribution in [0.5, 0.6) is 0 Å². The summed E-state index contributed by atoms with van der Waals surface area (Å²) in [6.07, 6.45) is 5.09. The summed E-state index contributed by atoms with van der Waals surface area (Å²) in [7, 11) is 0. The molecule has 0 atom stereocenters. The number of carbonyl (C=O) groups excluding carboxylic acids is 2. The van der Waals surface area contributed by atoms with Crippen molar-refractivity contribution in [2.24, 2.45) is 0 Å². The molecule has 0 spiro atoms. The molecule has 0 unspecified atom stereocenters. The van der Waals surface area contributed by atoms with Crippen LogP contribution in [0.2, 0.25) is 0 Å². The van der Waals surface area contributed by atoms with Gasteiger partial charge >= 0.3 is 0 Å². The Morgan fingerprint density at radius 1 is 0.826 bits per heavy atom. The Morgan fingerprint density at radius 3 is 2.09 bits per heavy atom. The molecule has 0 aliphatic carbocycles. The third kappa shape index (κ3) is 11.6. The minimum atomic E-state index is -0.101. The van der Waals surface area contributed by atoms with Gasteiger partial charge in [0.15, 0.2) is 0 Å². The van der Waals surface area contributed by atoms with Crippen LogP contribution in [0.3, 0.4) is 0 Å². The monoisotopic (exact) mass is 328 g/mol. The third-order valence-corrected chi connectivity index (χ3v) is 3.36. The number of amides is 2. The number of hydrogen-bond donors (Lipinski definition) is 3. The maximum Gasteiger partial charge on any atom is 0.220 e. The average Bonchev–Trinajstić information content (AvgIpc) is 2.53. The van der Waals surface area contributed by atoms with E-state index in [-0.39, 0.29) is 24.0 Å². The Morgan fingerprint density at radius 2 is 1.43 bits per heavy atom. The van der Waals surface area contributed by atoms with E-state index in [1.54, 1.807) is 6.08 Å². The van der Waals surface area contributed by atoms with Crippen LogP contribution in [0.15, 0.2) is 11.8 Å². The molecule has 1 heterocycles. The summed E-state index contributed by atoms with van der Waals surface area (Å²) < 4.78 is 10.7. The zero-order chi connectivity index (χ0) is 16.8. The molecule has 23 heavy (non-hydrogen) atoms. The lowest BCUT2D eigenvalue weighted by molar-refractivity contribution is -0.122. The van der Waals surface area contributed by atoms with Gasteiger partial charge < -0.3 is 25.2 Å². The van der Waals surface area contributed by atoms with Gasteiger partial charge in [0, 0.05) is 32.4 Å². The van der Waals surface area contributed by atoms with E-state index in [0.717, 1.165) is 12.8 Å². The van der Waals surface area contributed by atoms with Crippen LogP contribution in [-0.2, 0) is 19.1 Å². The normalized spacial score (nSPS) is 23.9. The first-order valence-electron chi connectivity index (χ1n) is 8.25. The lowest BCUT2D eigenvalue weighted by atomic mass is 10.1. The molecule has 7 nitrogen and oxygen atoms in total. The van der Waals surface area contributed by atoms with Crippen molar-refractivity contribution in [3.05, 3.63) is 11.8 Å². The highest BCUT2D eigenvalue weighted by Gasteiger charge is 2.04. The molecule has 0 radical (unpaired) electrons. The van der Waals surface area contributed by atoms with Crippen molar-refractivity contribution < 1.29 is 24.2 Å². The Hall–Kier alpha value is -1.60. The molecule has 0 saturated heterocycles. The van der Waals surface area contributed by atoms with Crippen LogP contribution in [0.1, 0.15) is 38.5 Å². The van der Waals surface area contributed by atoms with Crippen LogP contribution in [0.4, 0.5) is 0 Å². The van der Waals surface area contributed by atoms with E-state index in [0.29, 0.717) is 58.8 Å². The molecule has 1 aliphatic heterocycles. The van der Waals surface area contributed by atoms with Gasteiger partial charge in [0.25, 0.3) is 0 Å². The van der Waals surface area contributed by atoms with E-state index >= 15 is 0 Å². The van der Waals surface area contributed by atoms with E-state index in [4.69, 9.17) is 9.47 Å². The van der Waals surface area contributed by atoms with Gasteiger partial charge in [-0.25, -0.2) is 0 Å². The van der Waals surface area contributed by atoms with E-state index in [1.165, 1.54) is 0 Å². The Balaban J connectivity index is 2.32. The molecule has 7 heteroatoms. The highest BCUT2D eigenvalue weighted by Crippen LogP contribution is 2.06. The SMILES string of the molecule is O=C1CCCC/C=C(\O)CCC(=O)NCCOCCOCCN1. The van der Waals surface area contributed by atoms with Crippen molar-refractivity contribution in [3.63, 3.8) is 0 Å². The molecule has 0 bridgehead atoms. The van der Waals surface area contributed by atoms with Crippen LogP contribution in [-0.4, -0.2) is 56.4 Å². The largest absolute Gasteiger partial charge is 0.513 e. The second-order valence-electron chi connectivity index (χ2n) is 5.37. The standard InChI is InChI=1S/C16H28N2O5/c19-14-4-2-1-3-5-15(20)17-8-10-22-12-13-23-11-9-18-16(21)7-6-14/h4,19H,1-3,5-13H2,(H,17,20)(H,18,21)/b14-4-. The van der Waals surface area contributed by atoms with Crippen LogP contribution in [0, 0.1) is 0 Å². The fraction of sp³-hybridized carbons (Fsp3) is 0.750. The fourth-order valence-electron chi connectivity index (χ4n) is 2.07. The molecule has 1 aliphatic rings. The third-order valence-electron chi connectivity index (χ3n) is 3.36. The first kappa shape index (κ1) is 19.4. The fourth-order valence-corrected chi connectivity index (χ4v) is 2.07. The van der Waals surface area contributed by atoms with Gasteiger partial charge in [0.1, 0.15) is 0 Å². The van der Waals surface area contributed by atoms with E-state index in [1.807, 2.05) is 0 Å². The first-order chi connectivity index (χ1) is 11.2. The van der Waals surface area contributed by atoms with Crippen molar-refractivity contribution in [2.75, 3.05) is 39.5 Å². The van der Waals surface area contributed by atoms with Gasteiger partial charge in [-0.05, 0) is 25.3 Å². The quantitative estimate of drug-likeness (QED) is 0.617. The topological polar surface area (TPSA) is 96.9 Å². The summed E-state index contributed by atoms with van der Waals surface area (Å²) in [4.78, 5) is 23.1. The number of aliphatic hydroxyl groups is 1. The van der Waals surface area contributed by atoms with Crippen molar-refractivity contribution in [1.82, 2.24) is 10.6 Å². The lowest BCUT2D eigenvalue weighted by Crippen LogP contribution is -2.28. The maximum atomic E-state index is 11.6. The molecule has 0 aromatic rings. The molecule has 1 rings (SSSR count). The van der Waals surface area contributed by atoms with Gasteiger partial charge in [-0.2, -0.15) is 0 Å². The molecular formula is C16H28N2O5. The van der Waals surface area contributed by atoms with E-state index in [9.17, 15) is 14.7 Å². The number of carbonyl (C=O) groups is 2. The minimum absolute atomic E-state index is 0.0177. The summed E-state index contributed by atoms with van der Waals surface area (Å²) in [6.45, 7) is 2.74. The molecule has 0 fully saturated rings. The zero-order valence-corrected chi connectivity index (χ0v) is 13.6. The maximum absolute atomic E-state index is 11.6. The summed E-state index contributed by atoms with van der Waals surface area (Å²) in [5, 5.41) is 15.2. The molecular weight excluding hydrogens is 300 g/mol. The summed E-state index contributed by atoms with van der Waals surface area (Å²) in [6, 6.07) is 0. The number of rotatable bonds is 0. The average molecular weight is 328 g/mol. The second-order valence-corrected chi connectivity index (χ2v) is 5.37. The number of nitrogens with one attached hydrogen (secondary N) is 2. The zero-order valence-electron chi connectivity index (χ0n) is 13.6. The Kier molecular flexibility index (Phi) is 10.9.